The lowest BCUT2D eigenvalue weighted by Gasteiger charge is -2.27. The van der Waals surface area contributed by atoms with Gasteiger partial charge in [0.2, 0.25) is 5.91 Å². The van der Waals surface area contributed by atoms with Gasteiger partial charge in [-0.2, -0.15) is 0 Å². The number of nitrogens with one attached hydrogen (secondary N) is 2. The fourth-order valence-corrected chi connectivity index (χ4v) is 3.37. The number of H-pyrrole nitrogens is 1. The molecule has 0 saturated carbocycles. The smallest absolute Gasteiger partial charge is 0.223 e. The number of aromatic nitrogens is 2. The summed E-state index contributed by atoms with van der Waals surface area (Å²) in [7, 11) is 0. The maximum absolute atomic E-state index is 12.5. The van der Waals surface area contributed by atoms with Crippen LogP contribution in [0.2, 0.25) is 0 Å². The van der Waals surface area contributed by atoms with E-state index >= 15 is 0 Å². The molecule has 0 radical (unpaired) electrons. The summed E-state index contributed by atoms with van der Waals surface area (Å²) >= 11 is 0. The lowest BCUT2D eigenvalue weighted by atomic mass is 9.89. The number of rotatable bonds is 3. The van der Waals surface area contributed by atoms with Crippen molar-refractivity contribution in [1.29, 1.82) is 0 Å². The summed E-state index contributed by atoms with van der Waals surface area (Å²) in [6, 6.07) is 7.59. The van der Waals surface area contributed by atoms with Crippen molar-refractivity contribution in [2.24, 2.45) is 5.92 Å². The van der Waals surface area contributed by atoms with Crippen LogP contribution >= 0.6 is 0 Å². The van der Waals surface area contributed by atoms with E-state index in [0.717, 1.165) is 48.0 Å². The minimum Gasteiger partial charge on any atom is -0.486 e. The fourth-order valence-electron chi connectivity index (χ4n) is 3.37. The molecule has 1 aliphatic heterocycles. The number of aryl methyl sites for hydroxylation is 2. The number of hydrogen-bond donors (Lipinski definition) is 2. The zero-order valence-corrected chi connectivity index (χ0v) is 13.7. The van der Waals surface area contributed by atoms with Crippen LogP contribution in [-0.2, 0) is 17.6 Å². The highest BCUT2D eigenvalue weighted by atomic mass is 16.6. The van der Waals surface area contributed by atoms with E-state index < -0.39 is 0 Å². The molecule has 2 heterocycles. The minimum absolute atomic E-state index is 0.00542. The predicted molar refractivity (Wildman–Crippen MR) is 88.2 cm³/mol. The number of imidazole rings is 1. The molecule has 0 bridgehead atoms. The Morgan fingerprint density at radius 1 is 1.38 bits per heavy atom. The Morgan fingerprint density at radius 2 is 2.21 bits per heavy atom. The van der Waals surface area contributed by atoms with E-state index in [2.05, 4.69) is 15.3 Å². The van der Waals surface area contributed by atoms with Gasteiger partial charge < -0.3 is 19.8 Å². The van der Waals surface area contributed by atoms with E-state index in [1.165, 1.54) is 0 Å². The van der Waals surface area contributed by atoms with Gasteiger partial charge in [-0.15, -0.1) is 0 Å². The van der Waals surface area contributed by atoms with E-state index in [1.807, 2.05) is 31.2 Å². The van der Waals surface area contributed by atoms with Crippen molar-refractivity contribution in [3.8, 4) is 11.5 Å². The summed E-state index contributed by atoms with van der Waals surface area (Å²) in [4.78, 5) is 20.2. The molecule has 126 valence electrons. The van der Waals surface area contributed by atoms with Crippen LogP contribution < -0.4 is 14.8 Å². The molecule has 24 heavy (non-hydrogen) atoms. The topological polar surface area (TPSA) is 76.2 Å². The molecule has 0 saturated heterocycles. The van der Waals surface area contributed by atoms with Crippen molar-refractivity contribution >= 4 is 5.91 Å². The van der Waals surface area contributed by atoms with Crippen LogP contribution in [0.3, 0.4) is 0 Å². The Hall–Kier alpha value is -2.50. The van der Waals surface area contributed by atoms with E-state index in [0.29, 0.717) is 13.2 Å². The van der Waals surface area contributed by atoms with Crippen molar-refractivity contribution in [2.45, 2.75) is 32.3 Å². The number of amides is 1. The summed E-state index contributed by atoms with van der Waals surface area (Å²) < 4.78 is 11.5. The van der Waals surface area contributed by atoms with Crippen LogP contribution in [0, 0.1) is 12.8 Å². The van der Waals surface area contributed by atoms with Crippen LogP contribution in [0.4, 0.5) is 0 Å². The summed E-state index contributed by atoms with van der Waals surface area (Å²) in [5.74, 6) is 2.49. The Morgan fingerprint density at radius 3 is 3.08 bits per heavy atom. The lowest BCUT2D eigenvalue weighted by molar-refractivity contribution is -0.125. The van der Waals surface area contributed by atoms with Gasteiger partial charge in [-0.05, 0) is 31.9 Å². The van der Waals surface area contributed by atoms with Gasteiger partial charge in [-0.3, -0.25) is 4.79 Å². The standard InChI is InChI=1S/C18H21N3O3/c1-11-20-14-7-6-12(8-15(14)21-11)18(22)19-9-13-10-23-16-4-2-3-5-17(16)24-13/h2-5,12-13H,6-10H2,1H3,(H,19,22)(H,20,21). The first-order valence-corrected chi connectivity index (χ1v) is 8.39. The summed E-state index contributed by atoms with van der Waals surface area (Å²) in [5, 5.41) is 3.01. The largest absolute Gasteiger partial charge is 0.486 e. The Balaban J connectivity index is 1.31. The second kappa shape index (κ2) is 6.19. The van der Waals surface area contributed by atoms with Crippen molar-refractivity contribution in [3.63, 3.8) is 0 Å². The number of para-hydroxylation sites is 2. The van der Waals surface area contributed by atoms with Gasteiger partial charge in [0.05, 0.1) is 12.2 Å². The fraction of sp³-hybridized carbons (Fsp3) is 0.444. The number of ether oxygens (including phenoxy) is 2. The van der Waals surface area contributed by atoms with Crippen LogP contribution in [0.1, 0.15) is 23.6 Å². The average molecular weight is 327 g/mol. The second-order valence-electron chi connectivity index (χ2n) is 6.43. The number of fused-ring (bicyclic) bond motifs is 2. The van der Waals surface area contributed by atoms with Crippen LogP contribution in [-0.4, -0.2) is 35.1 Å². The molecule has 1 amide bonds. The third-order valence-corrected chi connectivity index (χ3v) is 4.61. The number of aromatic amines is 1. The van der Waals surface area contributed by atoms with E-state index in [-0.39, 0.29) is 17.9 Å². The van der Waals surface area contributed by atoms with Gasteiger partial charge in [0, 0.05) is 18.0 Å². The normalized spacial score (nSPS) is 21.9. The maximum atomic E-state index is 12.5. The molecule has 2 atom stereocenters. The van der Waals surface area contributed by atoms with Gasteiger partial charge >= 0.3 is 0 Å². The monoisotopic (exact) mass is 327 g/mol. The van der Waals surface area contributed by atoms with Crippen molar-refractivity contribution in [1.82, 2.24) is 15.3 Å². The van der Waals surface area contributed by atoms with Crippen molar-refractivity contribution < 1.29 is 14.3 Å². The summed E-state index contributed by atoms with van der Waals surface area (Å²) in [5.41, 5.74) is 2.21. The molecule has 0 fully saturated rings. The summed E-state index contributed by atoms with van der Waals surface area (Å²) in [6.45, 7) is 2.86. The third-order valence-electron chi connectivity index (χ3n) is 4.61. The minimum atomic E-state index is -0.155. The quantitative estimate of drug-likeness (QED) is 0.901. The Kier molecular flexibility index (Phi) is 3.88. The first-order chi connectivity index (χ1) is 11.7. The molecule has 2 aliphatic rings. The number of carbonyl (C=O) groups is 1. The molecular formula is C18H21N3O3. The highest BCUT2D eigenvalue weighted by molar-refractivity contribution is 5.79. The molecule has 2 unspecified atom stereocenters. The van der Waals surface area contributed by atoms with Crippen molar-refractivity contribution in [3.05, 3.63) is 41.5 Å². The molecule has 4 rings (SSSR count). The van der Waals surface area contributed by atoms with Gasteiger partial charge in [0.1, 0.15) is 18.5 Å². The molecule has 1 aliphatic carbocycles. The first-order valence-electron chi connectivity index (χ1n) is 8.39. The SMILES string of the molecule is Cc1nc2c([nH]1)CC(C(=O)NCC1COc3ccccc3O1)CC2. The van der Waals surface area contributed by atoms with Gasteiger partial charge in [0.15, 0.2) is 11.5 Å². The lowest BCUT2D eigenvalue weighted by Crippen LogP contribution is -2.43. The number of nitrogens with zero attached hydrogens (tertiary/aromatic N) is 1. The molecule has 1 aromatic carbocycles. The zero-order chi connectivity index (χ0) is 16.5. The first kappa shape index (κ1) is 15.1. The highest BCUT2D eigenvalue weighted by Crippen LogP contribution is 2.30. The summed E-state index contributed by atoms with van der Waals surface area (Å²) in [6.07, 6.45) is 2.27. The predicted octanol–water partition coefficient (Wildman–Crippen LogP) is 1.78. The van der Waals surface area contributed by atoms with Gasteiger partial charge in [0.25, 0.3) is 0 Å². The van der Waals surface area contributed by atoms with E-state index in [1.54, 1.807) is 0 Å². The number of benzene rings is 1. The maximum Gasteiger partial charge on any atom is 0.223 e. The van der Waals surface area contributed by atoms with Gasteiger partial charge in [-0.1, -0.05) is 12.1 Å². The van der Waals surface area contributed by atoms with Crippen molar-refractivity contribution in [2.75, 3.05) is 13.2 Å². The molecule has 2 aromatic rings. The molecule has 6 nitrogen and oxygen atoms in total. The molecular weight excluding hydrogens is 306 g/mol. The third kappa shape index (κ3) is 2.96. The molecule has 0 spiro atoms. The van der Waals surface area contributed by atoms with Crippen LogP contribution in [0.5, 0.6) is 11.5 Å². The molecule has 1 aromatic heterocycles. The van der Waals surface area contributed by atoms with E-state index in [9.17, 15) is 4.79 Å². The second-order valence-corrected chi connectivity index (χ2v) is 6.43. The number of carbonyl (C=O) groups excluding carboxylic acids is 1. The Bertz CT molecular complexity index is 756. The molecule has 6 heteroatoms. The zero-order valence-electron chi connectivity index (χ0n) is 13.7. The van der Waals surface area contributed by atoms with Crippen LogP contribution in [0.25, 0.3) is 0 Å². The van der Waals surface area contributed by atoms with Gasteiger partial charge in [-0.25, -0.2) is 4.98 Å². The van der Waals surface area contributed by atoms with Crippen LogP contribution in [0.15, 0.2) is 24.3 Å². The Labute approximate surface area is 140 Å². The van der Waals surface area contributed by atoms with E-state index in [4.69, 9.17) is 9.47 Å². The molecule has 2 N–H and O–H groups in total. The average Bonchev–Trinajstić information content (AvgIpc) is 2.98. The highest BCUT2D eigenvalue weighted by Gasteiger charge is 2.28. The number of hydrogen-bond acceptors (Lipinski definition) is 4.